The Labute approximate surface area is 56.9 Å². The van der Waals surface area contributed by atoms with Gasteiger partial charge in [0.1, 0.15) is 11.6 Å². The lowest BCUT2D eigenvalue weighted by Gasteiger charge is -1.93. The third-order valence-electron chi connectivity index (χ3n) is 0.934. The fourth-order valence-electron chi connectivity index (χ4n) is 0.522. The van der Waals surface area contributed by atoms with Gasteiger partial charge in [0.15, 0.2) is 0 Å². The number of hydrogen-bond acceptors (Lipinski definition) is 2. The van der Waals surface area contributed by atoms with E-state index in [2.05, 4.69) is 10.3 Å². The molecular weight excluding hydrogens is 135 g/mol. The van der Waals surface area contributed by atoms with Crippen LogP contribution >= 0.6 is 0 Å². The summed E-state index contributed by atoms with van der Waals surface area (Å²) in [5.74, 6) is -0.0761. The molecule has 1 heterocycles. The zero-order valence-electron chi connectivity index (χ0n) is 5.04. The first-order chi connectivity index (χ1) is 4.83. The normalized spacial score (nSPS) is 8.90. The van der Waals surface area contributed by atoms with Crippen molar-refractivity contribution >= 4 is 12.2 Å². The highest BCUT2D eigenvalue weighted by atomic mass is 19.1. The van der Waals surface area contributed by atoms with Crippen molar-refractivity contribution in [2.24, 2.45) is 0 Å². The summed E-state index contributed by atoms with van der Waals surface area (Å²) in [7, 11) is 0. The molecule has 0 atom stereocenters. The van der Waals surface area contributed by atoms with Crippen LogP contribution < -0.4 is 5.32 Å². The van der Waals surface area contributed by atoms with Crippen LogP contribution in [0.5, 0.6) is 0 Å². The third kappa shape index (κ3) is 1.51. The molecule has 0 aromatic carbocycles. The lowest BCUT2D eigenvalue weighted by atomic mass is 10.4. The van der Waals surface area contributed by atoms with Crippen LogP contribution in [-0.4, -0.2) is 11.4 Å². The Morgan fingerprint density at radius 3 is 2.90 bits per heavy atom. The summed E-state index contributed by atoms with van der Waals surface area (Å²) >= 11 is 0. The average Bonchev–Trinajstić information content (AvgIpc) is 1.95. The molecule has 10 heavy (non-hydrogen) atoms. The van der Waals surface area contributed by atoms with Crippen molar-refractivity contribution < 1.29 is 9.18 Å². The number of aromatic nitrogens is 1. The molecule has 0 saturated heterocycles. The molecule has 0 saturated carbocycles. The lowest BCUT2D eigenvalue weighted by molar-refractivity contribution is -0.105. The molecule has 4 heteroatoms. The molecule has 0 aliphatic carbocycles. The number of amides is 1. The highest BCUT2D eigenvalue weighted by molar-refractivity contribution is 5.68. The van der Waals surface area contributed by atoms with Crippen LogP contribution in [0.4, 0.5) is 10.2 Å². The Bertz CT molecular complexity index is 222. The van der Waals surface area contributed by atoms with Crippen LogP contribution in [0.1, 0.15) is 0 Å². The number of pyridine rings is 1. The van der Waals surface area contributed by atoms with Gasteiger partial charge in [0.05, 0.1) is 6.20 Å². The fourth-order valence-corrected chi connectivity index (χ4v) is 0.522. The van der Waals surface area contributed by atoms with Gasteiger partial charge in [-0.25, -0.2) is 9.37 Å². The first kappa shape index (κ1) is 6.67. The monoisotopic (exact) mass is 140 g/mol. The summed E-state index contributed by atoms with van der Waals surface area (Å²) in [5, 5.41) is 2.28. The largest absolute Gasteiger partial charge is 0.313 e. The maximum Gasteiger partial charge on any atom is 0.212 e. The van der Waals surface area contributed by atoms with Crippen molar-refractivity contribution in [1.29, 1.82) is 0 Å². The lowest BCUT2D eigenvalue weighted by Crippen LogP contribution is -1.95. The van der Waals surface area contributed by atoms with Gasteiger partial charge < -0.3 is 5.32 Å². The van der Waals surface area contributed by atoms with Gasteiger partial charge in [-0.1, -0.05) is 0 Å². The second kappa shape index (κ2) is 2.91. The zero-order chi connectivity index (χ0) is 7.40. The summed E-state index contributed by atoms with van der Waals surface area (Å²) < 4.78 is 12.1. The molecule has 0 radical (unpaired) electrons. The van der Waals surface area contributed by atoms with E-state index in [4.69, 9.17) is 0 Å². The minimum atomic E-state index is -0.420. The molecule has 1 amide bonds. The number of anilines is 1. The number of hydrogen-bond donors (Lipinski definition) is 1. The Hall–Kier alpha value is -1.45. The molecule has 0 bridgehead atoms. The number of nitrogens with one attached hydrogen (secondary N) is 1. The molecule has 0 aliphatic rings. The molecule has 0 unspecified atom stereocenters. The summed E-state index contributed by atoms with van der Waals surface area (Å²) in [4.78, 5) is 13.4. The van der Waals surface area contributed by atoms with Crippen molar-refractivity contribution in [1.82, 2.24) is 4.98 Å². The molecular formula is C6H5FN2O. The predicted octanol–water partition coefficient (Wildman–Crippen LogP) is 0.789. The number of nitrogens with zero attached hydrogens (tertiary/aromatic N) is 1. The molecule has 3 nitrogen and oxygen atoms in total. The molecule has 1 aromatic heterocycles. The maximum absolute atomic E-state index is 12.1. The van der Waals surface area contributed by atoms with E-state index in [-0.39, 0.29) is 0 Å². The highest BCUT2D eigenvalue weighted by Gasteiger charge is 1.90. The van der Waals surface area contributed by atoms with Gasteiger partial charge in [-0.2, -0.15) is 0 Å². The fraction of sp³-hybridized carbons (Fsp3) is 0. The second-order valence-electron chi connectivity index (χ2n) is 1.62. The summed E-state index contributed by atoms with van der Waals surface area (Å²) in [5.41, 5.74) is 0. The minimum Gasteiger partial charge on any atom is -0.313 e. The first-order valence-corrected chi connectivity index (χ1v) is 2.64. The number of halogens is 1. The van der Waals surface area contributed by atoms with E-state index in [1.807, 2.05) is 0 Å². The van der Waals surface area contributed by atoms with Crippen LogP contribution in [-0.2, 0) is 4.79 Å². The Morgan fingerprint density at radius 1 is 1.60 bits per heavy atom. The van der Waals surface area contributed by atoms with Gasteiger partial charge in [-0.3, -0.25) is 4.79 Å². The highest BCUT2D eigenvalue weighted by Crippen LogP contribution is 2.00. The quantitative estimate of drug-likeness (QED) is 0.617. The van der Waals surface area contributed by atoms with Gasteiger partial charge in [0.25, 0.3) is 0 Å². The van der Waals surface area contributed by atoms with Crippen LogP contribution in [0.3, 0.4) is 0 Å². The Morgan fingerprint density at radius 2 is 2.40 bits per heavy atom. The number of rotatable bonds is 2. The van der Waals surface area contributed by atoms with Crippen molar-refractivity contribution in [3.05, 3.63) is 24.1 Å². The molecule has 0 fully saturated rings. The summed E-state index contributed by atoms with van der Waals surface area (Å²) in [6.07, 6.45) is 1.52. The third-order valence-corrected chi connectivity index (χ3v) is 0.934. The van der Waals surface area contributed by atoms with Crippen LogP contribution in [0, 0.1) is 5.82 Å². The smallest absolute Gasteiger partial charge is 0.212 e. The SMILES string of the molecule is O=CNc1ccc(F)cn1. The van der Waals surface area contributed by atoms with Gasteiger partial charge >= 0.3 is 0 Å². The molecule has 1 N–H and O–H groups in total. The van der Waals surface area contributed by atoms with E-state index in [0.717, 1.165) is 6.20 Å². The minimum absolute atomic E-state index is 0.344. The first-order valence-electron chi connectivity index (χ1n) is 2.64. The topological polar surface area (TPSA) is 42.0 Å². The molecule has 0 spiro atoms. The standard InChI is InChI=1S/C6H5FN2O/c7-5-1-2-6(8-3-5)9-4-10/h1-4H,(H,8,9,10). The van der Waals surface area contributed by atoms with Crippen LogP contribution in [0.15, 0.2) is 18.3 Å². The zero-order valence-corrected chi connectivity index (χ0v) is 5.04. The van der Waals surface area contributed by atoms with Crippen molar-refractivity contribution in [3.63, 3.8) is 0 Å². The Kier molecular flexibility index (Phi) is 1.94. The second-order valence-corrected chi connectivity index (χ2v) is 1.62. The predicted molar refractivity (Wildman–Crippen MR) is 33.9 cm³/mol. The average molecular weight is 140 g/mol. The maximum atomic E-state index is 12.1. The van der Waals surface area contributed by atoms with Gasteiger partial charge in [0.2, 0.25) is 6.41 Å². The molecule has 1 aromatic rings. The summed E-state index contributed by atoms with van der Waals surface area (Å²) in [6.45, 7) is 0. The molecule has 0 aliphatic heterocycles. The van der Waals surface area contributed by atoms with E-state index in [9.17, 15) is 9.18 Å². The Balaban J connectivity index is 2.78. The number of carbonyl (C=O) groups is 1. The van der Waals surface area contributed by atoms with E-state index in [1.165, 1.54) is 12.1 Å². The van der Waals surface area contributed by atoms with Crippen molar-refractivity contribution in [2.45, 2.75) is 0 Å². The number of carbonyl (C=O) groups excluding carboxylic acids is 1. The van der Waals surface area contributed by atoms with E-state index < -0.39 is 5.82 Å². The van der Waals surface area contributed by atoms with E-state index in [0.29, 0.717) is 12.2 Å². The van der Waals surface area contributed by atoms with Gasteiger partial charge in [0, 0.05) is 0 Å². The van der Waals surface area contributed by atoms with Gasteiger partial charge in [-0.15, -0.1) is 0 Å². The molecule has 52 valence electrons. The molecule has 1 rings (SSSR count). The van der Waals surface area contributed by atoms with Crippen molar-refractivity contribution in [3.8, 4) is 0 Å². The van der Waals surface area contributed by atoms with E-state index in [1.54, 1.807) is 0 Å². The summed E-state index contributed by atoms with van der Waals surface area (Å²) in [6, 6.07) is 2.60. The van der Waals surface area contributed by atoms with Crippen LogP contribution in [0.25, 0.3) is 0 Å². The van der Waals surface area contributed by atoms with E-state index >= 15 is 0 Å². The van der Waals surface area contributed by atoms with Crippen LogP contribution in [0.2, 0.25) is 0 Å². The van der Waals surface area contributed by atoms with Crippen molar-refractivity contribution in [2.75, 3.05) is 5.32 Å². The van der Waals surface area contributed by atoms with Gasteiger partial charge in [-0.05, 0) is 12.1 Å².